The number of pyridine rings is 1. The maximum atomic E-state index is 11.4. The van der Waals surface area contributed by atoms with E-state index in [0.717, 1.165) is 137 Å². The van der Waals surface area contributed by atoms with Gasteiger partial charge in [-0.3, -0.25) is 9.69 Å². The van der Waals surface area contributed by atoms with Gasteiger partial charge in [-0.15, -0.1) is 0 Å². The molecule has 22 nitrogen and oxygen atoms in total. The highest BCUT2D eigenvalue weighted by Gasteiger charge is 2.33. The number of aryl methyl sites for hydroxylation is 8. The van der Waals surface area contributed by atoms with Gasteiger partial charge in [0, 0.05) is 108 Å². The molecule has 1 saturated carbocycles. The zero-order chi connectivity index (χ0) is 99.5. The van der Waals surface area contributed by atoms with Crippen LogP contribution >= 0.6 is 0 Å². The van der Waals surface area contributed by atoms with Crippen LogP contribution in [-0.4, -0.2) is 185 Å². The minimum absolute atomic E-state index is 0.195. The van der Waals surface area contributed by atoms with E-state index in [2.05, 4.69) is 386 Å². The van der Waals surface area contributed by atoms with Crippen molar-refractivity contribution >= 4 is 89.0 Å². The average molecular weight is 1880 g/mol. The first-order valence-electron chi connectivity index (χ1n) is 52.4. The number of imidazole rings is 7. The summed E-state index contributed by atoms with van der Waals surface area (Å²) < 4.78 is 16.6. The third kappa shape index (κ3) is 22.9. The predicted molar refractivity (Wildman–Crippen MR) is 580 cm³/mol. The van der Waals surface area contributed by atoms with E-state index in [-0.39, 0.29) is 5.91 Å². The van der Waals surface area contributed by atoms with E-state index in [1.807, 2.05) is 31.8 Å². The van der Waals surface area contributed by atoms with Crippen LogP contribution in [-0.2, 0) is 18.3 Å². The Bertz CT molecular complexity index is 6640. The SMILES string of the molecule is CC(C)c1ccc2c(c1)CC(=O)N2C.Cc1nc2cc(C(C)C)cnc2n1C.Cc1nc2ccc(C(C)C)cc2n1C1CCC1.Cc1nc2ccc(C(C)C)cc2n1C1CN(C)C1.Cc1nc2ccc(C(C)C)cc2n1[C@@H]1CCN(C(C)C)C1.Cc1nc2ccc(C(C)C)cc2n1[C@@H]1CCN(C)C1.Cc1nc2ccc(C(C)C)cc2n1[C@@H]1CCNC1.Cc1nc2ccc(C(C)C)cc2n1[C@H]1CCNC1. The van der Waals surface area contributed by atoms with Crippen molar-refractivity contribution in [1.82, 2.24) is 97.2 Å². The van der Waals surface area contributed by atoms with Crippen LogP contribution in [0.3, 0.4) is 0 Å². The number of amides is 1. The zero-order valence-corrected chi connectivity index (χ0v) is 89.6. The lowest BCUT2D eigenvalue weighted by Gasteiger charge is -2.38. The van der Waals surface area contributed by atoms with Crippen molar-refractivity contribution in [3.63, 3.8) is 0 Å². The molecule has 5 saturated heterocycles. The molecule has 1 aliphatic carbocycles. The van der Waals surface area contributed by atoms with Gasteiger partial charge in [0.25, 0.3) is 0 Å². The Morgan fingerprint density at radius 2 is 0.626 bits per heavy atom. The number of likely N-dealkylation sites (tertiary alicyclic amines) is 3. The maximum absolute atomic E-state index is 11.4. The van der Waals surface area contributed by atoms with Crippen molar-refractivity contribution < 1.29 is 4.79 Å². The van der Waals surface area contributed by atoms with E-state index in [4.69, 9.17) is 19.9 Å². The van der Waals surface area contributed by atoms with Gasteiger partial charge in [0.2, 0.25) is 5.91 Å². The van der Waals surface area contributed by atoms with Crippen molar-refractivity contribution in [3.05, 3.63) is 230 Å². The number of carbonyl (C=O) groups excluding carboxylic acids is 1. The summed E-state index contributed by atoms with van der Waals surface area (Å²) in [6.07, 6.45) is 11.4. The number of nitrogens with zero attached hydrogens (tertiary/aromatic N) is 19. The molecule has 8 aromatic heterocycles. The van der Waals surface area contributed by atoms with E-state index in [1.165, 1.54) is 147 Å². The molecular formula is C117H163N21O. The van der Waals surface area contributed by atoms with Gasteiger partial charge in [0.1, 0.15) is 46.3 Å². The van der Waals surface area contributed by atoms with Crippen molar-refractivity contribution in [2.45, 2.75) is 314 Å². The molecule has 0 bridgehead atoms. The number of hydrogen-bond donors (Lipinski definition) is 2. The van der Waals surface area contributed by atoms with Gasteiger partial charge in [-0.1, -0.05) is 159 Å². The Balaban J connectivity index is 0.000000121. The minimum Gasteiger partial charge on any atom is -0.325 e. The summed E-state index contributed by atoms with van der Waals surface area (Å²) in [5.74, 6) is 12.6. The number of likely N-dealkylation sites (N-methyl/N-ethyl adjacent to an activating group) is 3. The summed E-state index contributed by atoms with van der Waals surface area (Å²) in [6.45, 7) is 66.3. The van der Waals surface area contributed by atoms with Gasteiger partial charge >= 0.3 is 0 Å². The number of nitrogens with one attached hydrogen (secondary N) is 2. The average Bonchev–Trinajstić information content (AvgIpc) is 1.61. The number of fused-ring (bicyclic) bond motifs is 8. The fourth-order valence-corrected chi connectivity index (χ4v) is 21.4. The molecule has 4 atom stereocenters. The Labute approximate surface area is 829 Å². The van der Waals surface area contributed by atoms with Crippen LogP contribution in [0.25, 0.3) is 77.4 Å². The maximum Gasteiger partial charge on any atom is 0.231 e. The van der Waals surface area contributed by atoms with Crippen molar-refractivity contribution in [2.24, 2.45) is 7.05 Å². The fraction of sp³-hybridized carbons (Fsp3) is 0.530. The monoisotopic (exact) mass is 1880 g/mol. The van der Waals surface area contributed by atoms with Gasteiger partial charge in [-0.2, -0.15) is 0 Å². The van der Waals surface area contributed by atoms with Crippen LogP contribution in [0.5, 0.6) is 0 Å². The van der Waals surface area contributed by atoms with Crippen molar-refractivity contribution in [2.75, 3.05) is 91.5 Å². The summed E-state index contributed by atoms with van der Waals surface area (Å²) in [6, 6.07) is 52.9. The van der Waals surface area contributed by atoms with E-state index < -0.39 is 0 Å². The molecule has 742 valence electrons. The molecule has 1 amide bonds. The lowest BCUT2D eigenvalue weighted by molar-refractivity contribution is -0.117. The van der Waals surface area contributed by atoms with Crippen LogP contribution in [0.2, 0.25) is 0 Å². The second-order valence-electron chi connectivity index (χ2n) is 43.7. The van der Waals surface area contributed by atoms with E-state index in [9.17, 15) is 4.79 Å². The highest BCUT2D eigenvalue weighted by Crippen LogP contribution is 2.40. The first-order chi connectivity index (χ1) is 66.3. The van der Waals surface area contributed by atoms with Gasteiger partial charge in [-0.25, -0.2) is 39.9 Å². The first kappa shape index (κ1) is 103. The molecule has 0 radical (unpaired) electrons. The number of aromatic nitrogens is 15. The normalized spacial score (nSPS) is 18.1. The van der Waals surface area contributed by atoms with Crippen molar-refractivity contribution in [1.29, 1.82) is 0 Å². The summed E-state index contributed by atoms with van der Waals surface area (Å²) in [4.78, 5) is 57.6. The van der Waals surface area contributed by atoms with Crippen LogP contribution in [0.4, 0.5) is 5.69 Å². The highest BCUT2D eigenvalue weighted by atomic mass is 16.2. The zero-order valence-electron chi connectivity index (χ0n) is 89.6. The molecule has 14 heterocycles. The molecule has 2 N–H and O–H groups in total. The lowest BCUT2D eigenvalue weighted by atomic mass is 9.92. The molecule has 139 heavy (non-hydrogen) atoms. The number of benzene rings is 7. The van der Waals surface area contributed by atoms with Gasteiger partial charge < -0.3 is 57.3 Å². The Kier molecular flexibility index (Phi) is 32.6. The molecule has 22 rings (SSSR count). The summed E-state index contributed by atoms with van der Waals surface area (Å²) in [7, 11) is 8.20. The molecule has 6 fully saturated rings. The minimum atomic E-state index is 0.195. The summed E-state index contributed by atoms with van der Waals surface area (Å²) >= 11 is 0. The quantitative estimate of drug-likeness (QED) is 0.0985. The Hall–Kier alpha value is -10.8. The predicted octanol–water partition coefficient (Wildman–Crippen LogP) is 25.3. The molecule has 15 aromatic rings. The molecule has 7 aliphatic rings. The van der Waals surface area contributed by atoms with E-state index in [1.54, 1.807) is 4.90 Å². The van der Waals surface area contributed by atoms with Crippen LogP contribution in [0, 0.1) is 48.5 Å². The van der Waals surface area contributed by atoms with Gasteiger partial charge in [-0.05, 0) is 323 Å². The molecule has 0 spiro atoms. The van der Waals surface area contributed by atoms with E-state index >= 15 is 0 Å². The topological polar surface area (TPSA) is 192 Å². The lowest BCUT2D eigenvalue weighted by Crippen LogP contribution is -2.45. The van der Waals surface area contributed by atoms with Gasteiger partial charge in [0.15, 0.2) is 5.65 Å². The Morgan fingerprint density at radius 1 is 0.309 bits per heavy atom. The first-order valence-corrected chi connectivity index (χ1v) is 52.4. The summed E-state index contributed by atoms with van der Waals surface area (Å²) in [5.41, 5.74) is 29.8. The molecule has 0 unspecified atom stereocenters. The molecule has 22 heteroatoms. The third-order valence-corrected chi connectivity index (χ3v) is 30.5. The molecule has 7 aromatic carbocycles. The highest BCUT2D eigenvalue weighted by molar-refractivity contribution is 6.01. The standard InChI is InChI=1S/C18H27N3.C16H23N3.3C15H21N3.C15H20N2.C12H15NO.C11H15N3/c1-12(2)15-6-7-17-18(10-15)21(14(5)19-17)16-8-9-20(11-16)13(3)4;1-11(2)13-5-6-15-16(9-13)19(12(3)17-15)14-7-8-18(4)10-14;1-10(2)12-5-6-14-15(7-12)18(11(3)16-14)13-8-17(4)9-13;2*1-10(2)12-4-5-14-15(8-12)18(11(3)17-14)13-6-7-16-9-13;1-10(2)12-7-8-14-15(9-12)17(11(3)16-14)13-5-4-6-13;1-8(2)9-4-5-11-10(6-9)7-12(14)13(11)3;1-7(2)9-5-10-11(12-6-9)14(4)8(3)13-10/h6-7,10,12-13,16H,8-9,11H2,1-5H3;5-6,9,11,14H,7-8,10H2,1-4H3;5-7,10,13H,8-9H2,1-4H3;2*4-5,8,10,13,16H,6-7,9H2,1-3H3;7-10,13H,4-6H2,1-3H3;4-6,8H,7H2,1-3H3;5-7H,1-4H3/t16-;14-;;2*13-;;;/m11.10.../s1. The summed E-state index contributed by atoms with van der Waals surface area (Å²) in [5, 5.41) is 6.88. The van der Waals surface area contributed by atoms with Crippen molar-refractivity contribution in [3.8, 4) is 0 Å². The number of carbonyl (C=O) groups is 1. The fourth-order valence-electron chi connectivity index (χ4n) is 21.4. The van der Waals surface area contributed by atoms with Crippen LogP contribution in [0.1, 0.15) is 344 Å². The van der Waals surface area contributed by atoms with Crippen LogP contribution in [0.15, 0.2) is 140 Å². The third-order valence-electron chi connectivity index (χ3n) is 30.5. The smallest absolute Gasteiger partial charge is 0.231 e. The second kappa shape index (κ2) is 44.2. The Morgan fingerprint density at radius 3 is 0.935 bits per heavy atom. The number of hydrogen-bond acceptors (Lipinski definition) is 14. The molecular weight excluding hydrogens is 1720 g/mol. The van der Waals surface area contributed by atoms with Crippen LogP contribution < -0.4 is 15.5 Å². The number of anilines is 1. The largest absolute Gasteiger partial charge is 0.325 e. The number of rotatable bonds is 15. The second-order valence-corrected chi connectivity index (χ2v) is 43.7. The van der Waals surface area contributed by atoms with Gasteiger partial charge in [0.05, 0.1) is 78.7 Å². The van der Waals surface area contributed by atoms with E-state index in [0.29, 0.717) is 96.1 Å². The molecule has 6 aliphatic heterocycles.